The number of rotatable bonds is 4. The van der Waals surface area contributed by atoms with Gasteiger partial charge in [0.1, 0.15) is 5.65 Å². The lowest BCUT2D eigenvalue weighted by molar-refractivity contribution is 0.0474. The molecule has 19 heavy (non-hydrogen) atoms. The number of imidazole rings is 1. The molecule has 1 aliphatic rings. The van der Waals surface area contributed by atoms with Crippen LogP contribution in [0.2, 0.25) is 5.02 Å². The van der Waals surface area contributed by atoms with Crippen LogP contribution in [0.25, 0.3) is 5.65 Å². The highest BCUT2D eigenvalue weighted by Crippen LogP contribution is 2.28. The van der Waals surface area contributed by atoms with Crippen LogP contribution in [-0.2, 0) is 6.54 Å². The first kappa shape index (κ1) is 12.9. The smallest absolute Gasteiger partial charge is 0.137 e. The van der Waals surface area contributed by atoms with Gasteiger partial charge in [-0.25, -0.2) is 4.98 Å². The molecule has 1 aliphatic carbocycles. The van der Waals surface area contributed by atoms with Crippen molar-refractivity contribution < 1.29 is 5.11 Å². The van der Waals surface area contributed by atoms with E-state index in [1.807, 2.05) is 28.9 Å². The van der Waals surface area contributed by atoms with Gasteiger partial charge in [0.15, 0.2) is 0 Å². The standard InChI is InChI=1S/C14H18ClN3O/c15-11-3-4-13-17-12(9-18(13)8-11)7-16-10-14(19)5-1-2-6-14/h3-4,8-9,16,19H,1-2,5-7,10H2. The lowest BCUT2D eigenvalue weighted by atomic mass is 10.0. The Morgan fingerprint density at radius 1 is 1.32 bits per heavy atom. The molecule has 0 amide bonds. The summed E-state index contributed by atoms with van der Waals surface area (Å²) < 4.78 is 1.92. The van der Waals surface area contributed by atoms with Gasteiger partial charge in [-0.2, -0.15) is 0 Å². The van der Waals surface area contributed by atoms with Gasteiger partial charge in [-0.05, 0) is 25.0 Å². The van der Waals surface area contributed by atoms with E-state index >= 15 is 0 Å². The predicted molar refractivity (Wildman–Crippen MR) is 75.3 cm³/mol. The number of aliphatic hydroxyl groups is 1. The molecule has 0 bridgehead atoms. The molecule has 2 N–H and O–H groups in total. The Kier molecular flexibility index (Phi) is 3.48. The Balaban J connectivity index is 1.62. The minimum Gasteiger partial charge on any atom is -0.389 e. The summed E-state index contributed by atoms with van der Waals surface area (Å²) >= 11 is 5.94. The highest BCUT2D eigenvalue weighted by atomic mass is 35.5. The third-order valence-electron chi connectivity index (χ3n) is 3.76. The Bertz CT molecular complexity index is 575. The molecule has 102 valence electrons. The van der Waals surface area contributed by atoms with Gasteiger partial charge < -0.3 is 14.8 Å². The molecule has 2 aromatic heterocycles. The maximum Gasteiger partial charge on any atom is 0.137 e. The van der Waals surface area contributed by atoms with Crippen molar-refractivity contribution in [3.05, 3.63) is 35.2 Å². The number of pyridine rings is 1. The van der Waals surface area contributed by atoms with Crippen LogP contribution >= 0.6 is 11.6 Å². The van der Waals surface area contributed by atoms with Crippen LogP contribution in [0, 0.1) is 0 Å². The summed E-state index contributed by atoms with van der Waals surface area (Å²) in [6.07, 6.45) is 7.88. The van der Waals surface area contributed by atoms with Gasteiger partial charge in [-0.1, -0.05) is 24.4 Å². The van der Waals surface area contributed by atoms with E-state index in [1.165, 1.54) is 0 Å². The summed E-state index contributed by atoms with van der Waals surface area (Å²) in [5.74, 6) is 0. The van der Waals surface area contributed by atoms with E-state index in [2.05, 4.69) is 10.3 Å². The number of aromatic nitrogens is 2. The fraction of sp³-hybridized carbons (Fsp3) is 0.500. The van der Waals surface area contributed by atoms with Gasteiger partial charge in [0, 0.05) is 25.5 Å². The SMILES string of the molecule is OC1(CNCc2cn3cc(Cl)ccc3n2)CCCC1. The predicted octanol–water partition coefficient (Wildman–Crippen LogP) is 2.38. The molecule has 3 rings (SSSR count). The zero-order valence-electron chi connectivity index (χ0n) is 10.8. The maximum absolute atomic E-state index is 10.2. The first-order valence-corrected chi connectivity index (χ1v) is 7.09. The fourth-order valence-corrected chi connectivity index (χ4v) is 2.90. The summed E-state index contributed by atoms with van der Waals surface area (Å²) in [6.45, 7) is 1.31. The second kappa shape index (κ2) is 5.12. The third-order valence-corrected chi connectivity index (χ3v) is 3.98. The molecule has 0 unspecified atom stereocenters. The van der Waals surface area contributed by atoms with Gasteiger partial charge >= 0.3 is 0 Å². The molecular formula is C14H18ClN3O. The molecule has 5 heteroatoms. The van der Waals surface area contributed by atoms with E-state index in [0.717, 1.165) is 37.0 Å². The zero-order valence-corrected chi connectivity index (χ0v) is 11.5. The van der Waals surface area contributed by atoms with Crippen molar-refractivity contribution in [1.29, 1.82) is 0 Å². The minimum atomic E-state index is -0.511. The molecule has 0 radical (unpaired) electrons. The number of hydrogen-bond acceptors (Lipinski definition) is 3. The van der Waals surface area contributed by atoms with Crippen molar-refractivity contribution in [1.82, 2.24) is 14.7 Å². The summed E-state index contributed by atoms with van der Waals surface area (Å²) in [7, 11) is 0. The highest BCUT2D eigenvalue weighted by Gasteiger charge is 2.30. The van der Waals surface area contributed by atoms with Crippen molar-refractivity contribution in [2.24, 2.45) is 0 Å². The molecule has 0 atom stereocenters. The number of fused-ring (bicyclic) bond motifs is 1. The van der Waals surface area contributed by atoms with Crippen LogP contribution in [0.1, 0.15) is 31.4 Å². The van der Waals surface area contributed by atoms with Gasteiger partial charge in [0.2, 0.25) is 0 Å². The van der Waals surface area contributed by atoms with E-state index in [9.17, 15) is 5.11 Å². The van der Waals surface area contributed by atoms with Crippen LogP contribution in [0.3, 0.4) is 0 Å². The molecule has 0 aliphatic heterocycles. The first-order chi connectivity index (χ1) is 9.15. The van der Waals surface area contributed by atoms with Crippen LogP contribution in [-0.4, -0.2) is 26.6 Å². The van der Waals surface area contributed by atoms with Crippen molar-refractivity contribution >= 4 is 17.2 Å². The summed E-state index contributed by atoms with van der Waals surface area (Å²) in [6, 6.07) is 3.73. The van der Waals surface area contributed by atoms with Gasteiger partial charge in [0.05, 0.1) is 16.3 Å². The normalized spacial score (nSPS) is 18.2. The molecule has 2 heterocycles. The summed E-state index contributed by atoms with van der Waals surface area (Å²) in [5.41, 5.74) is 1.34. The maximum atomic E-state index is 10.2. The second-order valence-electron chi connectivity index (χ2n) is 5.38. The molecule has 0 spiro atoms. The molecule has 0 saturated heterocycles. The zero-order chi connectivity index (χ0) is 13.3. The van der Waals surface area contributed by atoms with Gasteiger partial charge in [-0.3, -0.25) is 0 Å². The van der Waals surface area contributed by atoms with Crippen molar-refractivity contribution in [3.8, 4) is 0 Å². The van der Waals surface area contributed by atoms with Crippen LogP contribution in [0.4, 0.5) is 0 Å². The number of halogens is 1. The van der Waals surface area contributed by atoms with E-state index < -0.39 is 5.60 Å². The Hall–Kier alpha value is -1.10. The second-order valence-corrected chi connectivity index (χ2v) is 5.82. The fourth-order valence-electron chi connectivity index (χ4n) is 2.74. The van der Waals surface area contributed by atoms with E-state index in [-0.39, 0.29) is 0 Å². The third kappa shape index (κ3) is 2.91. The molecule has 1 saturated carbocycles. The largest absolute Gasteiger partial charge is 0.389 e. The number of nitrogens with zero attached hydrogens (tertiary/aromatic N) is 2. The van der Waals surface area contributed by atoms with Gasteiger partial charge in [0.25, 0.3) is 0 Å². The highest BCUT2D eigenvalue weighted by molar-refractivity contribution is 6.30. The van der Waals surface area contributed by atoms with Crippen molar-refractivity contribution in [2.75, 3.05) is 6.54 Å². The summed E-state index contributed by atoms with van der Waals surface area (Å²) in [5, 5.41) is 14.2. The van der Waals surface area contributed by atoms with Crippen LogP contribution < -0.4 is 5.32 Å². The molecular weight excluding hydrogens is 262 g/mol. The van der Waals surface area contributed by atoms with E-state index in [1.54, 1.807) is 0 Å². The first-order valence-electron chi connectivity index (χ1n) is 6.71. The molecule has 0 aromatic carbocycles. The molecule has 2 aromatic rings. The topological polar surface area (TPSA) is 49.6 Å². The van der Waals surface area contributed by atoms with E-state index in [4.69, 9.17) is 11.6 Å². The quantitative estimate of drug-likeness (QED) is 0.903. The minimum absolute atomic E-state index is 0.511. The van der Waals surface area contributed by atoms with Crippen LogP contribution in [0.15, 0.2) is 24.5 Å². The van der Waals surface area contributed by atoms with Crippen molar-refractivity contribution in [3.63, 3.8) is 0 Å². The van der Waals surface area contributed by atoms with Gasteiger partial charge in [-0.15, -0.1) is 0 Å². The lowest BCUT2D eigenvalue weighted by Gasteiger charge is -2.22. The lowest BCUT2D eigenvalue weighted by Crippen LogP contribution is -2.37. The number of hydrogen-bond donors (Lipinski definition) is 2. The monoisotopic (exact) mass is 279 g/mol. The average Bonchev–Trinajstić information content (AvgIpc) is 2.95. The Morgan fingerprint density at radius 3 is 2.89 bits per heavy atom. The molecule has 4 nitrogen and oxygen atoms in total. The van der Waals surface area contributed by atoms with E-state index in [0.29, 0.717) is 18.1 Å². The Labute approximate surface area is 117 Å². The Morgan fingerprint density at radius 2 is 2.11 bits per heavy atom. The van der Waals surface area contributed by atoms with Crippen LogP contribution in [0.5, 0.6) is 0 Å². The van der Waals surface area contributed by atoms with Crippen molar-refractivity contribution in [2.45, 2.75) is 37.8 Å². The molecule has 1 fully saturated rings. The average molecular weight is 280 g/mol. The summed E-state index contributed by atoms with van der Waals surface area (Å²) in [4.78, 5) is 4.50. The number of nitrogens with one attached hydrogen (secondary N) is 1.